The number of hydrogen-bond donors (Lipinski definition) is 1. The number of benzene rings is 1. The van der Waals surface area contributed by atoms with Gasteiger partial charge in [0, 0.05) is 5.56 Å². The lowest BCUT2D eigenvalue weighted by Crippen LogP contribution is -2.35. The normalized spacial score (nSPS) is 21.9. The van der Waals surface area contributed by atoms with E-state index in [9.17, 15) is 0 Å². The lowest BCUT2D eigenvalue weighted by atomic mass is 10.0. The smallest absolute Gasteiger partial charge is 0.181 e. The van der Waals surface area contributed by atoms with Crippen molar-refractivity contribution in [1.29, 1.82) is 0 Å². The average Bonchev–Trinajstić information content (AvgIpc) is 2.33. The molecule has 7 heteroatoms. The molecular weight excluding hydrogens is 281 g/mol. The minimum absolute atomic E-state index is 0.0669. The van der Waals surface area contributed by atoms with E-state index >= 15 is 0 Å². The molecule has 0 bridgehead atoms. The molecule has 0 aliphatic carbocycles. The van der Waals surface area contributed by atoms with Crippen LogP contribution in [0.4, 0.5) is 0 Å². The minimum Gasteiger partial charge on any atom is -0.490 e. The van der Waals surface area contributed by atoms with Crippen molar-refractivity contribution in [1.82, 2.24) is 0 Å². The van der Waals surface area contributed by atoms with Crippen molar-refractivity contribution >= 4 is 45.8 Å². The summed E-state index contributed by atoms with van der Waals surface area (Å²) in [5, 5.41) is 9.40. The SMILES string of the molecule is NC1=NN=C2c3ccc(Cl)c(Cl)c3OCC2S1. The van der Waals surface area contributed by atoms with Crippen LogP contribution in [-0.4, -0.2) is 22.7 Å². The number of halogens is 2. The summed E-state index contributed by atoms with van der Waals surface area (Å²) in [6.07, 6.45) is 0. The summed E-state index contributed by atoms with van der Waals surface area (Å²) < 4.78 is 5.62. The maximum atomic E-state index is 6.09. The van der Waals surface area contributed by atoms with E-state index in [1.54, 1.807) is 6.07 Å². The molecule has 2 N–H and O–H groups in total. The van der Waals surface area contributed by atoms with Gasteiger partial charge >= 0.3 is 0 Å². The van der Waals surface area contributed by atoms with Gasteiger partial charge in [0.05, 0.1) is 16.0 Å². The zero-order valence-electron chi connectivity index (χ0n) is 8.48. The molecule has 0 saturated carbocycles. The third kappa shape index (κ3) is 1.78. The highest BCUT2D eigenvalue weighted by atomic mass is 35.5. The van der Waals surface area contributed by atoms with Crippen LogP contribution < -0.4 is 10.5 Å². The lowest BCUT2D eigenvalue weighted by molar-refractivity contribution is 0.325. The third-order valence-corrected chi connectivity index (χ3v) is 4.28. The zero-order chi connectivity index (χ0) is 12.0. The molecule has 1 unspecified atom stereocenters. The average molecular weight is 288 g/mol. The van der Waals surface area contributed by atoms with Crippen LogP contribution in [0.15, 0.2) is 22.3 Å². The topological polar surface area (TPSA) is 60.0 Å². The maximum absolute atomic E-state index is 6.09. The molecule has 0 spiro atoms. The molecule has 0 radical (unpaired) electrons. The molecule has 1 aromatic carbocycles. The first kappa shape index (κ1) is 11.2. The summed E-state index contributed by atoms with van der Waals surface area (Å²) in [4.78, 5) is 0. The quantitative estimate of drug-likeness (QED) is 0.798. The monoisotopic (exact) mass is 287 g/mol. The van der Waals surface area contributed by atoms with Gasteiger partial charge in [-0.25, -0.2) is 0 Å². The number of thioether (sulfide) groups is 1. The Kier molecular flexibility index (Phi) is 2.69. The molecule has 2 aliphatic rings. The van der Waals surface area contributed by atoms with Crippen molar-refractivity contribution in [2.75, 3.05) is 6.61 Å². The number of nitrogens with zero attached hydrogens (tertiary/aromatic N) is 2. The summed E-state index contributed by atoms with van der Waals surface area (Å²) in [5.41, 5.74) is 7.29. The van der Waals surface area contributed by atoms with Gasteiger partial charge in [-0.2, -0.15) is 5.10 Å². The van der Waals surface area contributed by atoms with Crippen LogP contribution in [0.5, 0.6) is 5.75 Å². The number of hydrogen-bond acceptors (Lipinski definition) is 5. The number of ether oxygens (including phenoxy) is 1. The van der Waals surface area contributed by atoms with Gasteiger partial charge in [0.2, 0.25) is 0 Å². The van der Waals surface area contributed by atoms with E-state index in [0.29, 0.717) is 27.6 Å². The molecule has 0 fully saturated rings. The van der Waals surface area contributed by atoms with Crippen molar-refractivity contribution in [3.8, 4) is 5.75 Å². The van der Waals surface area contributed by atoms with E-state index in [2.05, 4.69) is 10.2 Å². The first-order valence-corrected chi connectivity index (χ1v) is 6.49. The van der Waals surface area contributed by atoms with Crippen LogP contribution >= 0.6 is 35.0 Å². The Bertz CT molecular complexity index is 559. The summed E-state index contributed by atoms with van der Waals surface area (Å²) in [7, 11) is 0. The van der Waals surface area contributed by atoms with Gasteiger partial charge < -0.3 is 10.5 Å². The van der Waals surface area contributed by atoms with E-state index in [1.165, 1.54) is 11.8 Å². The number of amidine groups is 1. The Labute approximate surface area is 112 Å². The summed E-state index contributed by atoms with van der Waals surface area (Å²) in [6.45, 7) is 0.465. The van der Waals surface area contributed by atoms with E-state index in [1.807, 2.05) is 6.07 Å². The van der Waals surface area contributed by atoms with E-state index in [0.717, 1.165) is 11.3 Å². The van der Waals surface area contributed by atoms with Crippen molar-refractivity contribution in [2.45, 2.75) is 5.25 Å². The van der Waals surface area contributed by atoms with Gasteiger partial charge in [0.25, 0.3) is 0 Å². The Morgan fingerprint density at radius 2 is 2.18 bits per heavy atom. The fraction of sp³-hybridized carbons (Fsp3) is 0.200. The van der Waals surface area contributed by atoms with Crippen molar-refractivity contribution in [3.05, 3.63) is 27.7 Å². The lowest BCUT2D eigenvalue weighted by Gasteiger charge is -2.28. The number of nitrogens with two attached hydrogens (primary N) is 1. The van der Waals surface area contributed by atoms with E-state index < -0.39 is 0 Å². The summed E-state index contributed by atoms with van der Waals surface area (Å²) in [6, 6.07) is 3.56. The van der Waals surface area contributed by atoms with Crippen molar-refractivity contribution in [3.63, 3.8) is 0 Å². The highest BCUT2D eigenvalue weighted by Crippen LogP contribution is 2.40. The predicted octanol–water partition coefficient (Wildman–Crippen LogP) is 2.52. The largest absolute Gasteiger partial charge is 0.490 e. The zero-order valence-corrected chi connectivity index (χ0v) is 10.8. The van der Waals surface area contributed by atoms with E-state index in [4.69, 9.17) is 33.7 Å². The first-order chi connectivity index (χ1) is 8.16. The molecular formula is C10H7Cl2N3OS. The predicted molar refractivity (Wildman–Crippen MR) is 71.5 cm³/mol. The van der Waals surface area contributed by atoms with Crippen molar-refractivity contribution in [2.24, 2.45) is 15.9 Å². The number of fused-ring (bicyclic) bond motifs is 3. The van der Waals surface area contributed by atoms with Gasteiger partial charge in [-0.1, -0.05) is 35.0 Å². The van der Waals surface area contributed by atoms with Gasteiger partial charge in [-0.15, -0.1) is 5.10 Å². The molecule has 1 atom stereocenters. The summed E-state index contributed by atoms with van der Waals surface area (Å²) >= 11 is 13.5. The molecule has 3 rings (SSSR count). The standard InChI is InChI=1S/C10H7Cl2N3OS/c11-5-2-1-4-8-6(17-10(13)15-14-8)3-16-9(4)7(5)12/h1-2,6H,3H2,(H2,13,15). The summed E-state index contributed by atoms with van der Waals surface area (Å²) in [5.74, 6) is 0.574. The highest BCUT2D eigenvalue weighted by Gasteiger charge is 2.32. The second-order valence-electron chi connectivity index (χ2n) is 3.58. The fourth-order valence-electron chi connectivity index (χ4n) is 1.77. The van der Waals surface area contributed by atoms with Crippen LogP contribution in [-0.2, 0) is 0 Å². The third-order valence-electron chi connectivity index (χ3n) is 2.53. The molecule has 0 saturated heterocycles. The van der Waals surface area contributed by atoms with Gasteiger partial charge in [-0.05, 0) is 12.1 Å². The first-order valence-electron chi connectivity index (χ1n) is 4.85. The van der Waals surface area contributed by atoms with Crippen LogP contribution in [0.2, 0.25) is 10.0 Å². The molecule has 2 heterocycles. The van der Waals surface area contributed by atoms with Crippen LogP contribution in [0.25, 0.3) is 0 Å². The molecule has 2 aliphatic heterocycles. The van der Waals surface area contributed by atoms with Crippen LogP contribution in [0, 0.1) is 0 Å². The van der Waals surface area contributed by atoms with E-state index in [-0.39, 0.29) is 5.25 Å². The molecule has 0 aromatic heterocycles. The Morgan fingerprint density at radius 1 is 1.35 bits per heavy atom. The second kappa shape index (κ2) is 4.08. The molecule has 17 heavy (non-hydrogen) atoms. The van der Waals surface area contributed by atoms with Gasteiger partial charge in [0.1, 0.15) is 17.4 Å². The van der Waals surface area contributed by atoms with Crippen LogP contribution in [0.1, 0.15) is 5.56 Å². The van der Waals surface area contributed by atoms with Crippen molar-refractivity contribution < 1.29 is 4.74 Å². The Morgan fingerprint density at radius 3 is 3.00 bits per heavy atom. The molecule has 1 aromatic rings. The van der Waals surface area contributed by atoms with Gasteiger partial charge in [-0.3, -0.25) is 0 Å². The fourth-order valence-corrected chi connectivity index (χ4v) is 2.94. The molecule has 88 valence electrons. The maximum Gasteiger partial charge on any atom is 0.181 e. The molecule has 0 amide bonds. The Hall–Kier alpha value is -0.910. The second-order valence-corrected chi connectivity index (χ2v) is 5.59. The van der Waals surface area contributed by atoms with Gasteiger partial charge in [0.15, 0.2) is 5.17 Å². The Balaban J connectivity index is 2.16. The number of rotatable bonds is 0. The van der Waals surface area contributed by atoms with Crippen LogP contribution in [0.3, 0.4) is 0 Å². The highest BCUT2D eigenvalue weighted by molar-refractivity contribution is 8.15. The minimum atomic E-state index is 0.0669. The molecule has 4 nitrogen and oxygen atoms in total.